The predicted molar refractivity (Wildman–Crippen MR) is 66.5 cm³/mol. The van der Waals surface area contributed by atoms with E-state index in [1.807, 2.05) is 6.07 Å². The van der Waals surface area contributed by atoms with Crippen LogP contribution in [0.2, 0.25) is 0 Å². The van der Waals surface area contributed by atoms with E-state index in [2.05, 4.69) is 22.3 Å². The lowest BCUT2D eigenvalue weighted by atomic mass is 10.0. The maximum absolute atomic E-state index is 10.7. The smallest absolute Gasteiger partial charge is 0.356 e. The highest BCUT2D eigenvalue weighted by molar-refractivity contribution is 5.85. The zero-order valence-electron chi connectivity index (χ0n) is 9.76. The SMILES string of the molecule is O=C(O)c1ccc(-c2ccc3c(c2)CCC3)nn1. The van der Waals surface area contributed by atoms with Crippen molar-refractivity contribution in [1.82, 2.24) is 10.2 Å². The highest BCUT2D eigenvalue weighted by Gasteiger charge is 2.12. The van der Waals surface area contributed by atoms with Crippen molar-refractivity contribution in [2.45, 2.75) is 19.3 Å². The number of fused-ring (bicyclic) bond motifs is 1. The summed E-state index contributed by atoms with van der Waals surface area (Å²) < 4.78 is 0. The first-order valence-corrected chi connectivity index (χ1v) is 5.93. The molecule has 1 aromatic heterocycles. The van der Waals surface area contributed by atoms with E-state index < -0.39 is 5.97 Å². The Labute approximate surface area is 104 Å². The average Bonchev–Trinajstić information content (AvgIpc) is 2.86. The molecule has 0 spiro atoms. The van der Waals surface area contributed by atoms with Gasteiger partial charge in [0, 0.05) is 5.56 Å². The normalized spacial score (nSPS) is 13.3. The van der Waals surface area contributed by atoms with Crippen LogP contribution >= 0.6 is 0 Å². The number of rotatable bonds is 2. The molecule has 1 aromatic carbocycles. The standard InChI is InChI=1S/C14H12N2O2/c17-14(18)13-7-6-12(15-16-13)11-5-4-9-2-1-3-10(9)8-11/h4-8H,1-3H2,(H,17,18). The molecule has 3 rings (SSSR count). The number of hydrogen-bond donors (Lipinski definition) is 1. The molecule has 2 aromatic rings. The molecule has 0 atom stereocenters. The molecule has 0 unspecified atom stereocenters. The number of aromatic carboxylic acids is 1. The largest absolute Gasteiger partial charge is 0.476 e. The average molecular weight is 240 g/mol. The predicted octanol–water partition coefficient (Wildman–Crippen LogP) is 2.33. The van der Waals surface area contributed by atoms with Gasteiger partial charge in [-0.2, -0.15) is 0 Å². The van der Waals surface area contributed by atoms with Gasteiger partial charge in [0.25, 0.3) is 0 Å². The molecule has 1 heterocycles. The van der Waals surface area contributed by atoms with E-state index in [-0.39, 0.29) is 5.69 Å². The molecule has 0 amide bonds. The van der Waals surface area contributed by atoms with Crippen molar-refractivity contribution in [3.63, 3.8) is 0 Å². The molecule has 0 fully saturated rings. The summed E-state index contributed by atoms with van der Waals surface area (Å²) in [6.45, 7) is 0. The van der Waals surface area contributed by atoms with Crippen LogP contribution < -0.4 is 0 Å². The number of aromatic nitrogens is 2. The molecule has 0 saturated carbocycles. The quantitative estimate of drug-likeness (QED) is 0.875. The fraction of sp³-hybridized carbons (Fsp3) is 0.214. The van der Waals surface area contributed by atoms with Crippen molar-refractivity contribution < 1.29 is 9.90 Å². The van der Waals surface area contributed by atoms with E-state index in [1.54, 1.807) is 6.07 Å². The third-order valence-corrected chi connectivity index (χ3v) is 3.28. The van der Waals surface area contributed by atoms with Gasteiger partial charge in [-0.05, 0) is 48.6 Å². The van der Waals surface area contributed by atoms with Gasteiger partial charge < -0.3 is 5.11 Å². The molecule has 4 nitrogen and oxygen atoms in total. The summed E-state index contributed by atoms with van der Waals surface area (Å²) in [6.07, 6.45) is 3.48. The molecule has 0 radical (unpaired) electrons. The Morgan fingerprint density at radius 3 is 2.61 bits per heavy atom. The topological polar surface area (TPSA) is 63.1 Å². The number of nitrogens with zero attached hydrogens (tertiary/aromatic N) is 2. The Bertz CT molecular complexity index is 606. The molecular formula is C14H12N2O2. The lowest BCUT2D eigenvalue weighted by molar-refractivity contribution is 0.0689. The monoisotopic (exact) mass is 240 g/mol. The number of carboxylic acids is 1. The van der Waals surface area contributed by atoms with Gasteiger partial charge in [0.1, 0.15) is 0 Å². The maximum atomic E-state index is 10.7. The zero-order chi connectivity index (χ0) is 12.5. The van der Waals surface area contributed by atoms with Gasteiger partial charge >= 0.3 is 5.97 Å². The summed E-state index contributed by atoms with van der Waals surface area (Å²) in [7, 11) is 0. The van der Waals surface area contributed by atoms with Gasteiger partial charge in [0.05, 0.1) is 5.69 Å². The fourth-order valence-corrected chi connectivity index (χ4v) is 2.33. The van der Waals surface area contributed by atoms with Crippen LogP contribution in [0.5, 0.6) is 0 Å². The lowest BCUT2D eigenvalue weighted by Gasteiger charge is -2.04. The van der Waals surface area contributed by atoms with Crippen molar-refractivity contribution in [2.24, 2.45) is 0 Å². The van der Waals surface area contributed by atoms with Crippen LogP contribution in [0.15, 0.2) is 30.3 Å². The Kier molecular flexibility index (Phi) is 2.55. The second kappa shape index (κ2) is 4.22. The van der Waals surface area contributed by atoms with Gasteiger partial charge in [-0.25, -0.2) is 4.79 Å². The Morgan fingerprint density at radius 2 is 1.89 bits per heavy atom. The summed E-state index contributed by atoms with van der Waals surface area (Å²) in [6, 6.07) is 9.47. The first kappa shape index (κ1) is 10.9. The molecule has 0 aliphatic heterocycles. The molecule has 90 valence electrons. The number of benzene rings is 1. The van der Waals surface area contributed by atoms with E-state index in [4.69, 9.17) is 5.11 Å². The first-order chi connectivity index (χ1) is 8.74. The van der Waals surface area contributed by atoms with Gasteiger partial charge in [0.2, 0.25) is 0 Å². The molecule has 1 aliphatic carbocycles. The minimum atomic E-state index is -1.05. The van der Waals surface area contributed by atoms with E-state index in [1.165, 1.54) is 23.6 Å². The van der Waals surface area contributed by atoms with E-state index in [0.717, 1.165) is 24.1 Å². The molecule has 0 bridgehead atoms. The van der Waals surface area contributed by atoms with Crippen LogP contribution in [0, 0.1) is 0 Å². The highest BCUT2D eigenvalue weighted by atomic mass is 16.4. The van der Waals surface area contributed by atoms with Crippen molar-refractivity contribution in [3.8, 4) is 11.3 Å². The molecular weight excluding hydrogens is 228 g/mol. The summed E-state index contributed by atoms with van der Waals surface area (Å²) in [5, 5.41) is 16.4. The second-order valence-corrected chi connectivity index (χ2v) is 4.45. The number of carboxylic acid groups (broad SMARTS) is 1. The van der Waals surface area contributed by atoms with E-state index in [9.17, 15) is 4.79 Å². The third kappa shape index (κ3) is 1.86. The van der Waals surface area contributed by atoms with Crippen LogP contribution in [0.25, 0.3) is 11.3 Å². The Morgan fingerprint density at radius 1 is 1.06 bits per heavy atom. The summed E-state index contributed by atoms with van der Waals surface area (Å²) in [5.74, 6) is -1.05. The van der Waals surface area contributed by atoms with Crippen LogP contribution in [0.4, 0.5) is 0 Å². The van der Waals surface area contributed by atoms with Crippen LogP contribution in [0.3, 0.4) is 0 Å². The van der Waals surface area contributed by atoms with Crippen molar-refractivity contribution >= 4 is 5.97 Å². The van der Waals surface area contributed by atoms with Gasteiger partial charge in [-0.15, -0.1) is 10.2 Å². The molecule has 4 heteroatoms. The maximum Gasteiger partial charge on any atom is 0.356 e. The van der Waals surface area contributed by atoms with Gasteiger partial charge in [0.15, 0.2) is 5.69 Å². The van der Waals surface area contributed by atoms with Gasteiger partial charge in [-0.1, -0.05) is 12.1 Å². The number of carbonyl (C=O) groups is 1. The van der Waals surface area contributed by atoms with Crippen molar-refractivity contribution in [3.05, 3.63) is 47.2 Å². The summed E-state index contributed by atoms with van der Waals surface area (Å²) in [4.78, 5) is 10.7. The number of hydrogen-bond acceptors (Lipinski definition) is 3. The van der Waals surface area contributed by atoms with Gasteiger partial charge in [-0.3, -0.25) is 0 Å². The zero-order valence-corrected chi connectivity index (χ0v) is 9.76. The Hall–Kier alpha value is -2.23. The third-order valence-electron chi connectivity index (χ3n) is 3.28. The number of aryl methyl sites for hydroxylation is 2. The minimum Gasteiger partial charge on any atom is -0.476 e. The summed E-state index contributed by atoms with van der Waals surface area (Å²) in [5.41, 5.74) is 4.47. The van der Waals surface area contributed by atoms with Crippen LogP contribution in [0.1, 0.15) is 28.0 Å². The second-order valence-electron chi connectivity index (χ2n) is 4.45. The van der Waals surface area contributed by atoms with Crippen LogP contribution in [-0.4, -0.2) is 21.3 Å². The van der Waals surface area contributed by atoms with E-state index >= 15 is 0 Å². The Balaban J connectivity index is 1.97. The molecule has 0 saturated heterocycles. The lowest BCUT2D eigenvalue weighted by Crippen LogP contribution is -2.02. The molecule has 1 aliphatic rings. The first-order valence-electron chi connectivity index (χ1n) is 5.93. The molecule has 18 heavy (non-hydrogen) atoms. The fourth-order valence-electron chi connectivity index (χ4n) is 2.33. The molecule has 1 N–H and O–H groups in total. The van der Waals surface area contributed by atoms with Crippen LogP contribution in [-0.2, 0) is 12.8 Å². The van der Waals surface area contributed by atoms with Crippen molar-refractivity contribution in [1.29, 1.82) is 0 Å². The highest BCUT2D eigenvalue weighted by Crippen LogP contribution is 2.26. The van der Waals surface area contributed by atoms with Crippen molar-refractivity contribution in [2.75, 3.05) is 0 Å². The minimum absolute atomic E-state index is 0.0279. The summed E-state index contributed by atoms with van der Waals surface area (Å²) >= 11 is 0. The van der Waals surface area contributed by atoms with E-state index in [0.29, 0.717) is 0 Å².